The molecule has 152 valence electrons. The maximum Gasteiger partial charge on any atom is 0.254 e. The Balaban J connectivity index is 1.61. The Hall–Kier alpha value is -2.54. The van der Waals surface area contributed by atoms with Crippen molar-refractivity contribution >= 4 is 34.9 Å². The van der Waals surface area contributed by atoms with Crippen molar-refractivity contribution in [3.63, 3.8) is 0 Å². The van der Waals surface area contributed by atoms with Gasteiger partial charge in [0.1, 0.15) is 17.7 Å². The summed E-state index contributed by atoms with van der Waals surface area (Å²) in [6, 6.07) is 14.5. The first-order chi connectivity index (χ1) is 14.0. The molecule has 29 heavy (non-hydrogen) atoms. The fourth-order valence-corrected chi connectivity index (χ4v) is 3.20. The fraction of sp³-hybridized carbons (Fsp3) is 0.238. The highest BCUT2D eigenvalue weighted by molar-refractivity contribution is 6.35. The summed E-state index contributed by atoms with van der Waals surface area (Å²) < 4.78 is 12.5. The van der Waals surface area contributed by atoms with Gasteiger partial charge in [-0.1, -0.05) is 41.4 Å². The molecule has 1 atom stereocenters. The Morgan fingerprint density at radius 3 is 2.62 bits per heavy atom. The van der Waals surface area contributed by atoms with Gasteiger partial charge in [-0.15, -0.1) is 0 Å². The molecule has 8 heteroatoms. The van der Waals surface area contributed by atoms with E-state index in [1.54, 1.807) is 49.2 Å². The van der Waals surface area contributed by atoms with Crippen molar-refractivity contribution in [3.05, 3.63) is 75.9 Å². The zero-order chi connectivity index (χ0) is 20.8. The third-order valence-electron chi connectivity index (χ3n) is 4.34. The van der Waals surface area contributed by atoms with E-state index in [1.807, 2.05) is 24.3 Å². The SMILES string of the molecule is COc1cccc(COC(C)C(=O)Nc2ccnn2Cc2c(Cl)cccc2Cl)c1. The lowest BCUT2D eigenvalue weighted by Gasteiger charge is -2.15. The molecule has 1 unspecified atom stereocenters. The Labute approximate surface area is 179 Å². The van der Waals surface area contributed by atoms with Crippen molar-refractivity contribution in [2.45, 2.75) is 26.2 Å². The van der Waals surface area contributed by atoms with Crippen molar-refractivity contribution in [2.75, 3.05) is 12.4 Å². The summed E-state index contributed by atoms with van der Waals surface area (Å²) in [6.45, 7) is 2.32. The minimum atomic E-state index is -0.659. The van der Waals surface area contributed by atoms with Crippen LogP contribution in [0.25, 0.3) is 0 Å². The molecule has 0 saturated carbocycles. The molecular formula is C21H21Cl2N3O3. The highest BCUT2D eigenvalue weighted by Gasteiger charge is 2.17. The molecule has 0 saturated heterocycles. The summed E-state index contributed by atoms with van der Waals surface area (Å²) in [5, 5.41) is 8.17. The van der Waals surface area contributed by atoms with Crippen LogP contribution in [0.15, 0.2) is 54.7 Å². The van der Waals surface area contributed by atoms with E-state index < -0.39 is 6.10 Å². The average molecular weight is 434 g/mol. The number of nitrogens with one attached hydrogen (secondary N) is 1. The van der Waals surface area contributed by atoms with E-state index in [0.29, 0.717) is 29.0 Å². The third-order valence-corrected chi connectivity index (χ3v) is 5.05. The fourth-order valence-electron chi connectivity index (χ4n) is 2.69. The molecule has 0 fully saturated rings. The van der Waals surface area contributed by atoms with Crippen molar-refractivity contribution in [2.24, 2.45) is 0 Å². The molecule has 1 N–H and O–H groups in total. The van der Waals surface area contributed by atoms with E-state index in [2.05, 4.69) is 10.4 Å². The van der Waals surface area contributed by atoms with Crippen LogP contribution in [0.3, 0.4) is 0 Å². The highest BCUT2D eigenvalue weighted by Crippen LogP contribution is 2.26. The highest BCUT2D eigenvalue weighted by atomic mass is 35.5. The van der Waals surface area contributed by atoms with E-state index in [9.17, 15) is 4.79 Å². The molecule has 0 radical (unpaired) electrons. The summed E-state index contributed by atoms with van der Waals surface area (Å²) in [6.07, 6.45) is 0.940. The molecule has 0 aliphatic heterocycles. The molecule has 0 aliphatic carbocycles. The van der Waals surface area contributed by atoms with Crippen LogP contribution in [0.4, 0.5) is 5.82 Å². The minimum absolute atomic E-state index is 0.278. The molecule has 0 bridgehead atoms. The number of aromatic nitrogens is 2. The van der Waals surface area contributed by atoms with Gasteiger partial charge in [-0.3, -0.25) is 4.79 Å². The summed E-state index contributed by atoms with van der Waals surface area (Å²) in [7, 11) is 1.61. The normalized spacial score (nSPS) is 11.9. The van der Waals surface area contributed by atoms with Crippen LogP contribution in [0, 0.1) is 0 Å². The summed E-state index contributed by atoms with van der Waals surface area (Å²) >= 11 is 12.5. The van der Waals surface area contributed by atoms with Crippen molar-refractivity contribution in [1.29, 1.82) is 0 Å². The number of nitrogens with zero attached hydrogens (tertiary/aromatic N) is 2. The number of hydrogen-bond donors (Lipinski definition) is 1. The Bertz CT molecular complexity index is 971. The van der Waals surface area contributed by atoms with Gasteiger partial charge in [-0.05, 0) is 36.8 Å². The minimum Gasteiger partial charge on any atom is -0.497 e. The first-order valence-corrected chi connectivity index (χ1v) is 9.73. The van der Waals surface area contributed by atoms with Crippen molar-refractivity contribution in [3.8, 4) is 5.75 Å². The monoisotopic (exact) mass is 433 g/mol. The molecular weight excluding hydrogens is 413 g/mol. The number of rotatable bonds is 8. The van der Waals surface area contributed by atoms with Gasteiger partial charge in [-0.25, -0.2) is 4.68 Å². The van der Waals surface area contributed by atoms with E-state index in [1.165, 1.54) is 0 Å². The van der Waals surface area contributed by atoms with Crippen LogP contribution < -0.4 is 10.1 Å². The van der Waals surface area contributed by atoms with Gasteiger partial charge in [0, 0.05) is 21.7 Å². The average Bonchev–Trinajstić information content (AvgIpc) is 3.15. The summed E-state index contributed by atoms with van der Waals surface area (Å²) in [5.74, 6) is 0.994. The van der Waals surface area contributed by atoms with E-state index in [4.69, 9.17) is 32.7 Å². The van der Waals surface area contributed by atoms with E-state index >= 15 is 0 Å². The lowest BCUT2D eigenvalue weighted by atomic mass is 10.2. The second-order valence-electron chi connectivity index (χ2n) is 6.37. The molecule has 1 aromatic heterocycles. The summed E-state index contributed by atoms with van der Waals surface area (Å²) in [5.41, 5.74) is 1.65. The Kier molecular flexibility index (Phi) is 7.14. The van der Waals surface area contributed by atoms with Crippen LogP contribution in [0.2, 0.25) is 10.0 Å². The lowest BCUT2D eigenvalue weighted by molar-refractivity contribution is -0.127. The molecule has 6 nitrogen and oxygen atoms in total. The van der Waals surface area contributed by atoms with E-state index in [-0.39, 0.29) is 5.91 Å². The van der Waals surface area contributed by atoms with Gasteiger partial charge in [0.25, 0.3) is 5.91 Å². The maximum atomic E-state index is 12.5. The van der Waals surface area contributed by atoms with Crippen LogP contribution in [-0.4, -0.2) is 28.9 Å². The van der Waals surface area contributed by atoms with Gasteiger partial charge >= 0.3 is 0 Å². The number of hydrogen-bond acceptors (Lipinski definition) is 4. The van der Waals surface area contributed by atoms with Crippen LogP contribution >= 0.6 is 23.2 Å². The van der Waals surface area contributed by atoms with Gasteiger partial charge in [-0.2, -0.15) is 5.10 Å². The van der Waals surface area contributed by atoms with Gasteiger partial charge in [0.15, 0.2) is 0 Å². The standard InChI is InChI=1S/C21H21Cl2N3O3/c1-14(29-13-15-5-3-6-16(11-15)28-2)21(27)25-20-9-10-24-26(20)12-17-18(22)7-4-8-19(17)23/h3-11,14H,12-13H2,1-2H3,(H,25,27). The molecule has 3 rings (SSSR count). The third kappa shape index (κ3) is 5.50. The molecule has 3 aromatic rings. The van der Waals surface area contributed by atoms with Crippen LogP contribution in [0.1, 0.15) is 18.1 Å². The molecule has 1 heterocycles. The predicted molar refractivity (Wildman–Crippen MR) is 114 cm³/mol. The first kappa shape index (κ1) is 21.2. The number of ether oxygens (including phenoxy) is 2. The number of amides is 1. The van der Waals surface area contributed by atoms with Gasteiger partial charge in [0.2, 0.25) is 0 Å². The van der Waals surface area contributed by atoms with E-state index in [0.717, 1.165) is 16.9 Å². The van der Waals surface area contributed by atoms with Gasteiger partial charge in [0.05, 0.1) is 26.5 Å². The smallest absolute Gasteiger partial charge is 0.254 e. The molecule has 1 amide bonds. The Morgan fingerprint density at radius 2 is 1.90 bits per heavy atom. The maximum absolute atomic E-state index is 12.5. The Morgan fingerprint density at radius 1 is 1.17 bits per heavy atom. The lowest BCUT2D eigenvalue weighted by Crippen LogP contribution is -2.28. The number of carbonyl (C=O) groups excluding carboxylic acids is 1. The predicted octanol–water partition coefficient (Wildman–Crippen LogP) is 4.79. The zero-order valence-corrected chi connectivity index (χ0v) is 17.6. The quantitative estimate of drug-likeness (QED) is 0.554. The van der Waals surface area contributed by atoms with Gasteiger partial charge < -0.3 is 14.8 Å². The number of methoxy groups -OCH3 is 1. The topological polar surface area (TPSA) is 65.4 Å². The summed E-state index contributed by atoms with van der Waals surface area (Å²) in [4.78, 5) is 12.5. The molecule has 0 spiro atoms. The zero-order valence-electron chi connectivity index (χ0n) is 16.1. The van der Waals surface area contributed by atoms with Crippen LogP contribution in [-0.2, 0) is 22.7 Å². The van der Waals surface area contributed by atoms with Crippen molar-refractivity contribution < 1.29 is 14.3 Å². The van der Waals surface area contributed by atoms with Crippen LogP contribution in [0.5, 0.6) is 5.75 Å². The second kappa shape index (κ2) is 9.78. The number of anilines is 1. The molecule has 0 aliphatic rings. The first-order valence-electron chi connectivity index (χ1n) is 8.98. The molecule has 2 aromatic carbocycles. The number of carbonyl (C=O) groups is 1. The second-order valence-corrected chi connectivity index (χ2v) is 7.18. The van der Waals surface area contributed by atoms with Crippen molar-refractivity contribution in [1.82, 2.24) is 9.78 Å². The largest absolute Gasteiger partial charge is 0.497 e. The number of benzene rings is 2. The number of halogens is 2.